The summed E-state index contributed by atoms with van der Waals surface area (Å²) in [6.07, 6.45) is 3.32. The lowest BCUT2D eigenvalue weighted by Gasteiger charge is -2.14. The molecule has 0 saturated heterocycles. The summed E-state index contributed by atoms with van der Waals surface area (Å²) in [5.74, 6) is 0.398. The molecule has 0 radical (unpaired) electrons. The molecule has 1 aromatic carbocycles. The molecule has 1 aliphatic carbocycles. The van der Waals surface area contributed by atoms with E-state index in [9.17, 15) is 5.11 Å². The Labute approximate surface area is 92.5 Å². The second-order valence-corrected chi connectivity index (χ2v) is 4.90. The molecule has 1 saturated carbocycles. The number of rotatable bonds is 3. The van der Waals surface area contributed by atoms with Crippen molar-refractivity contribution in [3.05, 3.63) is 28.2 Å². The fourth-order valence-electron chi connectivity index (χ4n) is 1.73. The maximum absolute atomic E-state index is 9.67. The summed E-state index contributed by atoms with van der Waals surface area (Å²) in [5.41, 5.74) is 1.27. The highest BCUT2D eigenvalue weighted by molar-refractivity contribution is 9.10. The van der Waals surface area contributed by atoms with Gasteiger partial charge in [0, 0.05) is 10.0 Å². The average Bonchev–Trinajstić information content (AvgIpc) is 2.92. The van der Waals surface area contributed by atoms with Crippen LogP contribution in [0.25, 0.3) is 0 Å². The van der Waals surface area contributed by atoms with Crippen LogP contribution in [0.4, 0.5) is 0 Å². The Morgan fingerprint density at radius 3 is 2.79 bits per heavy atom. The van der Waals surface area contributed by atoms with Gasteiger partial charge in [-0.05, 0) is 50.1 Å². The van der Waals surface area contributed by atoms with Gasteiger partial charge in [0.2, 0.25) is 0 Å². The summed E-state index contributed by atoms with van der Waals surface area (Å²) >= 11 is 3.41. The summed E-state index contributed by atoms with van der Waals surface area (Å²) in [6, 6.07) is 5.59. The van der Waals surface area contributed by atoms with Gasteiger partial charge >= 0.3 is 0 Å². The van der Waals surface area contributed by atoms with Crippen molar-refractivity contribution in [3.63, 3.8) is 0 Å². The second-order valence-electron chi connectivity index (χ2n) is 3.98. The molecule has 1 aromatic rings. The number of aromatic hydroxyl groups is 1. The van der Waals surface area contributed by atoms with Crippen LogP contribution in [-0.2, 0) is 6.42 Å². The monoisotopic (exact) mass is 255 g/mol. The number of hydrogen-bond donors (Lipinski definition) is 2. The average molecular weight is 256 g/mol. The third-order valence-corrected chi connectivity index (χ3v) is 3.45. The Bertz CT molecular complexity index is 347. The molecule has 3 heteroatoms. The summed E-state index contributed by atoms with van der Waals surface area (Å²) in [7, 11) is 1.99. The van der Waals surface area contributed by atoms with E-state index in [1.165, 1.54) is 12.8 Å². The fraction of sp³-hybridized carbons (Fsp3) is 0.455. The van der Waals surface area contributed by atoms with Crippen LogP contribution in [0.2, 0.25) is 0 Å². The summed E-state index contributed by atoms with van der Waals surface area (Å²) in [4.78, 5) is 0. The third-order valence-electron chi connectivity index (χ3n) is 2.95. The zero-order chi connectivity index (χ0) is 10.2. The van der Waals surface area contributed by atoms with E-state index < -0.39 is 0 Å². The molecular formula is C11H14BrNO. The number of hydrogen-bond acceptors (Lipinski definition) is 2. The standard InChI is InChI=1S/C11H14BrNO/c1-13-11(4-5-11)7-8-6-9(12)2-3-10(8)14/h2-3,6,13-14H,4-5,7H2,1H3. The van der Waals surface area contributed by atoms with Crippen LogP contribution >= 0.6 is 15.9 Å². The van der Waals surface area contributed by atoms with Gasteiger partial charge in [-0.1, -0.05) is 15.9 Å². The number of benzene rings is 1. The minimum Gasteiger partial charge on any atom is -0.508 e. The topological polar surface area (TPSA) is 32.3 Å². The van der Waals surface area contributed by atoms with Crippen molar-refractivity contribution in [1.29, 1.82) is 0 Å². The zero-order valence-corrected chi connectivity index (χ0v) is 9.76. The normalized spacial score (nSPS) is 18.1. The third kappa shape index (κ3) is 1.93. The first-order valence-electron chi connectivity index (χ1n) is 4.81. The Kier molecular flexibility index (Phi) is 2.54. The predicted molar refractivity (Wildman–Crippen MR) is 60.5 cm³/mol. The van der Waals surface area contributed by atoms with Gasteiger partial charge in [0.05, 0.1) is 0 Å². The van der Waals surface area contributed by atoms with Gasteiger partial charge in [-0.2, -0.15) is 0 Å². The highest BCUT2D eigenvalue weighted by Crippen LogP contribution is 2.40. The van der Waals surface area contributed by atoms with E-state index in [1.807, 2.05) is 19.2 Å². The van der Waals surface area contributed by atoms with E-state index in [0.29, 0.717) is 5.75 Å². The molecule has 0 aliphatic heterocycles. The minimum absolute atomic E-state index is 0.248. The van der Waals surface area contributed by atoms with E-state index in [-0.39, 0.29) is 5.54 Å². The Hall–Kier alpha value is -0.540. The maximum atomic E-state index is 9.67. The van der Waals surface area contributed by atoms with E-state index in [4.69, 9.17) is 0 Å². The van der Waals surface area contributed by atoms with Gasteiger partial charge < -0.3 is 10.4 Å². The molecule has 14 heavy (non-hydrogen) atoms. The quantitative estimate of drug-likeness (QED) is 0.870. The van der Waals surface area contributed by atoms with Gasteiger partial charge in [-0.25, -0.2) is 0 Å². The molecule has 0 bridgehead atoms. The van der Waals surface area contributed by atoms with Crippen LogP contribution in [0.1, 0.15) is 18.4 Å². The lowest BCUT2D eigenvalue weighted by molar-refractivity contribution is 0.457. The van der Waals surface area contributed by atoms with Gasteiger partial charge in [-0.3, -0.25) is 0 Å². The summed E-state index contributed by atoms with van der Waals surface area (Å²) < 4.78 is 1.03. The first-order valence-corrected chi connectivity index (χ1v) is 5.61. The van der Waals surface area contributed by atoms with Crippen LogP contribution in [0.5, 0.6) is 5.75 Å². The fourth-order valence-corrected chi connectivity index (χ4v) is 2.13. The van der Waals surface area contributed by atoms with E-state index in [1.54, 1.807) is 6.07 Å². The molecule has 0 unspecified atom stereocenters. The lowest BCUT2D eigenvalue weighted by Crippen LogP contribution is -2.29. The Morgan fingerprint density at radius 2 is 2.21 bits per heavy atom. The summed E-state index contributed by atoms with van der Waals surface area (Å²) in [6.45, 7) is 0. The zero-order valence-electron chi connectivity index (χ0n) is 8.18. The number of phenols is 1. The predicted octanol–water partition coefficient (Wildman–Crippen LogP) is 2.45. The molecule has 2 rings (SSSR count). The van der Waals surface area contributed by atoms with Crippen LogP contribution in [0.15, 0.2) is 22.7 Å². The van der Waals surface area contributed by atoms with Crippen molar-refractivity contribution >= 4 is 15.9 Å². The van der Waals surface area contributed by atoms with Gasteiger partial charge in [0.25, 0.3) is 0 Å². The lowest BCUT2D eigenvalue weighted by atomic mass is 10.0. The van der Waals surface area contributed by atoms with Gasteiger partial charge in [0.15, 0.2) is 0 Å². The molecule has 1 fully saturated rings. The molecule has 76 valence electrons. The molecule has 0 aromatic heterocycles. The molecule has 1 aliphatic rings. The van der Waals surface area contributed by atoms with Crippen molar-refractivity contribution in [3.8, 4) is 5.75 Å². The van der Waals surface area contributed by atoms with Crippen molar-refractivity contribution < 1.29 is 5.11 Å². The van der Waals surface area contributed by atoms with Gasteiger partial charge in [-0.15, -0.1) is 0 Å². The number of halogens is 1. The highest BCUT2D eigenvalue weighted by atomic mass is 79.9. The molecule has 0 amide bonds. The van der Waals surface area contributed by atoms with Crippen LogP contribution in [0, 0.1) is 0 Å². The molecule has 0 spiro atoms. The van der Waals surface area contributed by atoms with E-state index in [0.717, 1.165) is 16.5 Å². The van der Waals surface area contributed by atoms with Crippen LogP contribution < -0.4 is 5.32 Å². The van der Waals surface area contributed by atoms with E-state index >= 15 is 0 Å². The number of phenolic OH excluding ortho intramolecular Hbond substituents is 1. The molecular weight excluding hydrogens is 242 g/mol. The van der Waals surface area contributed by atoms with Crippen molar-refractivity contribution in [2.75, 3.05) is 7.05 Å². The minimum atomic E-state index is 0.248. The van der Waals surface area contributed by atoms with Crippen LogP contribution in [-0.4, -0.2) is 17.7 Å². The van der Waals surface area contributed by atoms with Gasteiger partial charge in [0.1, 0.15) is 5.75 Å². The number of likely N-dealkylation sites (N-methyl/N-ethyl adjacent to an activating group) is 1. The number of nitrogens with one attached hydrogen (secondary N) is 1. The van der Waals surface area contributed by atoms with Crippen molar-refractivity contribution in [2.45, 2.75) is 24.8 Å². The van der Waals surface area contributed by atoms with Crippen molar-refractivity contribution in [2.24, 2.45) is 0 Å². The molecule has 0 atom stereocenters. The largest absolute Gasteiger partial charge is 0.508 e. The van der Waals surface area contributed by atoms with E-state index in [2.05, 4.69) is 21.2 Å². The first kappa shape index (κ1) is 9.99. The smallest absolute Gasteiger partial charge is 0.118 e. The molecule has 2 nitrogen and oxygen atoms in total. The highest BCUT2D eigenvalue weighted by Gasteiger charge is 2.41. The molecule has 2 N–H and O–H groups in total. The second kappa shape index (κ2) is 3.55. The van der Waals surface area contributed by atoms with Crippen molar-refractivity contribution in [1.82, 2.24) is 5.32 Å². The Morgan fingerprint density at radius 1 is 1.50 bits per heavy atom. The maximum Gasteiger partial charge on any atom is 0.118 e. The SMILES string of the molecule is CNC1(Cc2cc(Br)ccc2O)CC1. The Balaban J connectivity index is 2.20. The van der Waals surface area contributed by atoms with Crippen LogP contribution in [0.3, 0.4) is 0 Å². The first-order chi connectivity index (χ1) is 6.65. The summed E-state index contributed by atoms with van der Waals surface area (Å²) in [5, 5.41) is 13.0. The molecule has 0 heterocycles.